The summed E-state index contributed by atoms with van der Waals surface area (Å²) in [7, 11) is 0. The Morgan fingerprint density at radius 1 is 1.24 bits per heavy atom. The van der Waals surface area contributed by atoms with Crippen molar-refractivity contribution in [1.29, 1.82) is 0 Å². The van der Waals surface area contributed by atoms with Gasteiger partial charge in [-0.3, -0.25) is 9.69 Å². The lowest BCUT2D eigenvalue weighted by atomic mass is 9.93. The molecule has 1 amide bonds. The van der Waals surface area contributed by atoms with E-state index < -0.39 is 5.41 Å². The molecule has 2 aliphatic rings. The molecule has 1 saturated heterocycles. The van der Waals surface area contributed by atoms with E-state index in [-0.39, 0.29) is 18.1 Å². The minimum Gasteiger partial charge on any atom is -0.392 e. The molecule has 1 heterocycles. The number of likely N-dealkylation sites (tertiary alicyclic amines) is 1. The van der Waals surface area contributed by atoms with Crippen molar-refractivity contribution in [3.05, 3.63) is 65.7 Å². The lowest BCUT2D eigenvalue weighted by Gasteiger charge is -2.27. The van der Waals surface area contributed by atoms with Crippen molar-refractivity contribution in [2.75, 3.05) is 19.6 Å². The van der Waals surface area contributed by atoms with Crippen LogP contribution in [0.1, 0.15) is 36.4 Å². The van der Waals surface area contributed by atoms with E-state index in [4.69, 9.17) is 0 Å². The normalized spacial score (nSPS) is 21.2. The van der Waals surface area contributed by atoms with E-state index in [0.29, 0.717) is 18.8 Å². The number of nitrogens with zero attached hydrogens (tertiary/aromatic N) is 2. The van der Waals surface area contributed by atoms with Gasteiger partial charge < -0.3 is 10.4 Å². The predicted molar refractivity (Wildman–Crippen MR) is 110 cm³/mol. The van der Waals surface area contributed by atoms with Crippen LogP contribution in [0.15, 0.2) is 59.6 Å². The van der Waals surface area contributed by atoms with Crippen molar-refractivity contribution in [2.24, 2.45) is 4.99 Å². The van der Waals surface area contributed by atoms with Crippen LogP contribution in [-0.2, 0) is 15.0 Å². The number of rotatable bonds is 7. The maximum absolute atomic E-state index is 13.3. The number of benzene rings is 2. The molecule has 0 radical (unpaired) electrons. The number of hydrogen-bond acceptors (Lipinski definition) is 5. The molecule has 0 aromatic heterocycles. The second-order valence-corrected chi connectivity index (χ2v) is 7.97. The molecule has 0 spiro atoms. The van der Waals surface area contributed by atoms with Crippen molar-refractivity contribution in [2.45, 2.75) is 36.8 Å². The van der Waals surface area contributed by atoms with Crippen molar-refractivity contribution in [3.63, 3.8) is 0 Å². The first-order chi connectivity index (χ1) is 14.1. The zero-order valence-electron chi connectivity index (χ0n) is 16.3. The maximum Gasteiger partial charge on any atom is 0.240 e. The van der Waals surface area contributed by atoms with Gasteiger partial charge in [0.2, 0.25) is 12.0 Å². The van der Waals surface area contributed by atoms with E-state index in [1.165, 1.54) is 0 Å². The van der Waals surface area contributed by atoms with Crippen molar-refractivity contribution in [3.8, 4) is 0 Å². The Hall–Kier alpha value is -2.79. The summed E-state index contributed by atoms with van der Waals surface area (Å²) in [6.07, 6.45) is 3.58. The third-order valence-electron chi connectivity index (χ3n) is 5.95. The number of isocyanates is 1. The number of carbonyl (C=O) groups excluding carboxylic acids is 2. The minimum absolute atomic E-state index is 0.00155. The monoisotopic (exact) mass is 391 g/mol. The van der Waals surface area contributed by atoms with Gasteiger partial charge in [-0.2, -0.15) is 4.99 Å². The summed E-state index contributed by atoms with van der Waals surface area (Å²) in [5.74, 6) is -0.00155. The molecule has 6 nitrogen and oxygen atoms in total. The third kappa shape index (κ3) is 4.30. The summed E-state index contributed by atoms with van der Waals surface area (Å²) in [5, 5.41) is 13.1. The van der Waals surface area contributed by atoms with Crippen LogP contribution < -0.4 is 5.32 Å². The van der Waals surface area contributed by atoms with Gasteiger partial charge in [-0.1, -0.05) is 42.5 Å². The molecule has 150 valence electrons. The highest BCUT2D eigenvalue weighted by molar-refractivity contribution is 5.91. The van der Waals surface area contributed by atoms with Crippen LogP contribution in [0, 0.1) is 0 Å². The fourth-order valence-corrected chi connectivity index (χ4v) is 4.15. The first kappa shape index (κ1) is 19.5. The molecule has 0 bridgehead atoms. The predicted octanol–water partition coefficient (Wildman–Crippen LogP) is 2.61. The Kier molecular flexibility index (Phi) is 5.58. The van der Waals surface area contributed by atoms with Gasteiger partial charge >= 0.3 is 0 Å². The summed E-state index contributed by atoms with van der Waals surface area (Å²) >= 11 is 0. The Labute approximate surface area is 170 Å². The lowest BCUT2D eigenvalue weighted by molar-refractivity contribution is -0.124. The van der Waals surface area contributed by atoms with E-state index in [1.54, 1.807) is 18.2 Å². The van der Waals surface area contributed by atoms with Crippen LogP contribution in [0.3, 0.4) is 0 Å². The fraction of sp³-hybridized carbons (Fsp3) is 0.391. The smallest absolute Gasteiger partial charge is 0.240 e. The molecule has 29 heavy (non-hydrogen) atoms. The second-order valence-electron chi connectivity index (χ2n) is 7.97. The van der Waals surface area contributed by atoms with E-state index in [9.17, 15) is 14.7 Å². The van der Waals surface area contributed by atoms with Crippen LogP contribution in [0.2, 0.25) is 0 Å². The summed E-state index contributed by atoms with van der Waals surface area (Å²) in [5.41, 5.74) is 1.89. The number of nitrogens with one attached hydrogen (secondary N) is 1. The lowest BCUT2D eigenvalue weighted by Crippen LogP contribution is -2.42. The van der Waals surface area contributed by atoms with Crippen LogP contribution in [-0.4, -0.2) is 47.7 Å². The molecule has 2 aromatic carbocycles. The molecule has 2 aromatic rings. The standard InChI is InChI=1S/C23H25N3O3/c27-16-24-19-8-4-7-18(13-19)23(10-11-23)22(29)25-21(17-5-2-1-3-6-17)15-26-12-9-20(28)14-26/h1-8,13,20-21,28H,9-12,14-15H2,(H,25,29)/t20-,21+/m0/s1. The molecule has 2 atom stereocenters. The SMILES string of the molecule is O=C=Nc1cccc(C2(C(=O)N[C@H](CN3CC[C@H](O)C3)c3ccccc3)CC2)c1. The van der Waals surface area contributed by atoms with E-state index >= 15 is 0 Å². The van der Waals surface area contributed by atoms with Gasteiger partial charge in [0.25, 0.3) is 0 Å². The summed E-state index contributed by atoms with van der Waals surface area (Å²) in [4.78, 5) is 29.8. The highest BCUT2D eigenvalue weighted by Gasteiger charge is 2.51. The minimum atomic E-state index is -0.564. The number of amides is 1. The van der Waals surface area contributed by atoms with Gasteiger partial charge in [-0.15, -0.1) is 0 Å². The van der Waals surface area contributed by atoms with Gasteiger partial charge in [-0.05, 0) is 42.5 Å². The molecule has 6 heteroatoms. The molecule has 4 rings (SSSR count). The van der Waals surface area contributed by atoms with E-state index in [1.807, 2.05) is 42.5 Å². The zero-order chi connectivity index (χ0) is 20.3. The largest absolute Gasteiger partial charge is 0.392 e. The average molecular weight is 391 g/mol. The van der Waals surface area contributed by atoms with Gasteiger partial charge in [0, 0.05) is 19.6 Å². The van der Waals surface area contributed by atoms with Crippen LogP contribution in [0.5, 0.6) is 0 Å². The first-order valence-corrected chi connectivity index (χ1v) is 10.1. The fourth-order valence-electron chi connectivity index (χ4n) is 4.15. The number of aliphatic hydroxyl groups is 1. The van der Waals surface area contributed by atoms with Gasteiger partial charge in [0.15, 0.2) is 0 Å². The van der Waals surface area contributed by atoms with Gasteiger partial charge in [0.1, 0.15) is 0 Å². The zero-order valence-corrected chi connectivity index (χ0v) is 16.3. The molecule has 2 N–H and O–H groups in total. The maximum atomic E-state index is 13.3. The summed E-state index contributed by atoms with van der Waals surface area (Å²) in [6.45, 7) is 2.13. The second kappa shape index (κ2) is 8.29. The van der Waals surface area contributed by atoms with E-state index in [0.717, 1.165) is 36.9 Å². The van der Waals surface area contributed by atoms with Crippen molar-refractivity contribution in [1.82, 2.24) is 10.2 Å². The van der Waals surface area contributed by atoms with E-state index in [2.05, 4.69) is 15.2 Å². The highest BCUT2D eigenvalue weighted by atomic mass is 16.3. The Balaban J connectivity index is 1.54. The number of carbonyl (C=O) groups is 1. The first-order valence-electron chi connectivity index (χ1n) is 10.1. The average Bonchev–Trinajstić information content (AvgIpc) is 3.46. The van der Waals surface area contributed by atoms with Crippen molar-refractivity contribution < 1.29 is 14.7 Å². The number of hydrogen-bond donors (Lipinski definition) is 2. The van der Waals surface area contributed by atoms with Crippen LogP contribution in [0.4, 0.5) is 5.69 Å². The number of aliphatic imine (C=N–C) groups is 1. The molecule has 1 aliphatic heterocycles. The Morgan fingerprint density at radius 2 is 2.03 bits per heavy atom. The van der Waals surface area contributed by atoms with Gasteiger partial charge in [0.05, 0.1) is 23.2 Å². The summed E-state index contributed by atoms with van der Waals surface area (Å²) in [6, 6.07) is 17.1. The Morgan fingerprint density at radius 3 is 2.69 bits per heavy atom. The number of β-amino-alcohol motifs (C(OH)–C–C–N with tert-alkyl or cyclic N) is 1. The molecular formula is C23H25N3O3. The molecule has 1 aliphatic carbocycles. The molecular weight excluding hydrogens is 366 g/mol. The quantitative estimate of drug-likeness (QED) is 0.562. The number of aliphatic hydroxyl groups excluding tert-OH is 1. The third-order valence-corrected chi connectivity index (χ3v) is 5.95. The van der Waals surface area contributed by atoms with Crippen LogP contribution >= 0.6 is 0 Å². The van der Waals surface area contributed by atoms with Crippen molar-refractivity contribution >= 4 is 17.7 Å². The molecule has 0 unspecified atom stereocenters. The highest BCUT2D eigenvalue weighted by Crippen LogP contribution is 2.49. The Bertz CT molecular complexity index is 920. The molecule has 1 saturated carbocycles. The van der Waals surface area contributed by atoms with Crippen LogP contribution in [0.25, 0.3) is 0 Å². The van der Waals surface area contributed by atoms with Gasteiger partial charge in [-0.25, -0.2) is 4.79 Å². The molecule has 2 fully saturated rings. The summed E-state index contributed by atoms with van der Waals surface area (Å²) < 4.78 is 0. The topological polar surface area (TPSA) is 82.0 Å².